The summed E-state index contributed by atoms with van der Waals surface area (Å²) in [6, 6.07) is 27.0. The van der Waals surface area contributed by atoms with Gasteiger partial charge >= 0.3 is 0 Å². The largest absolute Gasteiger partial charge is 0.550 e. The molecule has 0 bridgehead atoms. The number of hydrogen-bond donors (Lipinski definition) is 0. The van der Waals surface area contributed by atoms with Crippen molar-refractivity contribution in [3.63, 3.8) is 0 Å². The van der Waals surface area contributed by atoms with Gasteiger partial charge in [0.25, 0.3) is 0 Å². The van der Waals surface area contributed by atoms with Crippen LogP contribution in [0.4, 0.5) is 0 Å². The molecule has 0 aliphatic heterocycles. The van der Waals surface area contributed by atoms with Crippen molar-refractivity contribution in [3.05, 3.63) is 89.5 Å². The summed E-state index contributed by atoms with van der Waals surface area (Å²) in [4.78, 5) is 13.2. The van der Waals surface area contributed by atoms with Gasteiger partial charge in [0.2, 0.25) is 0 Å². The molecule has 0 aromatic heterocycles. The van der Waals surface area contributed by atoms with Crippen LogP contribution in [0.15, 0.2) is 87.5 Å². The van der Waals surface area contributed by atoms with Crippen LogP contribution in [0.5, 0.6) is 0 Å². The molecule has 170 valence electrons. The van der Waals surface area contributed by atoms with Gasteiger partial charge in [-0.1, -0.05) is 90.1 Å². The lowest BCUT2D eigenvalue weighted by molar-refractivity contribution is -0.302. The fourth-order valence-electron chi connectivity index (χ4n) is 3.61. The molecule has 0 spiro atoms. The van der Waals surface area contributed by atoms with Crippen molar-refractivity contribution >= 4 is 16.9 Å². The van der Waals surface area contributed by atoms with Crippen molar-refractivity contribution < 1.29 is 9.90 Å². The van der Waals surface area contributed by atoms with Gasteiger partial charge in [-0.25, -0.2) is 0 Å². The van der Waals surface area contributed by atoms with Gasteiger partial charge in [0.05, 0.1) is 10.9 Å². The molecule has 3 heteroatoms. The Bertz CT molecular complexity index is 920. The van der Waals surface area contributed by atoms with E-state index in [1.807, 2.05) is 0 Å². The molecule has 0 unspecified atom stereocenters. The van der Waals surface area contributed by atoms with E-state index in [0.29, 0.717) is 17.8 Å². The lowest BCUT2D eigenvalue weighted by Crippen LogP contribution is -2.16. The van der Waals surface area contributed by atoms with Crippen LogP contribution in [0, 0.1) is 0 Å². The zero-order valence-corrected chi connectivity index (χ0v) is 21.2. The second-order valence-corrected chi connectivity index (χ2v) is 10.9. The summed E-state index contributed by atoms with van der Waals surface area (Å²) in [5.41, 5.74) is 4.47. The van der Waals surface area contributed by atoms with Gasteiger partial charge in [-0.15, -0.1) is 0 Å². The number of hydrogen-bond acceptors (Lipinski definition) is 2. The van der Waals surface area contributed by atoms with Crippen LogP contribution in [0.25, 0.3) is 0 Å². The van der Waals surface area contributed by atoms with E-state index in [0.717, 1.165) is 6.92 Å². The van der Waals surface area contributed by atoms with E-state index < -0.39 is 5.97 Å². The van der Waals surface area contributed by atoms with Gasteiger partial charge in [0.15, 0.2) is 14.7 Å². The molecule has 0 amide bonds. The van der Waals surface area contributed by atoms with Gasteiger partial charge in [-0.05, 0) is 54.5 Å². The van der Waals surface area contributed by atoms with Crippen molar-refractivity contribution in [1.82, 2.24) is 0 Å². The number of carboxylic acid groups (broad SMARTS) is 1. The maximum atomic E-state index is 8.89. The summed E-state index contributed by atoms with van der Waals surface area (Å²) in [6.07, 6.45) is 0. The second kappa shape index (κ2) is 11.9. The third kappa shape index (κ3) is 6.74. The summed E-state index contributed by atoms with van der Waals surface area (Å²) in [7, 11) is -0.100. The molecule has 0 aliphatic carbocycles. The number of aliphatic carboxylic acids is 1. The van der Waals surface area contributed by atoms with E-state index in [1.165, 1.54) is 31.4 Å². The first-order valence-corrected chi connectivity index (χ1v) is 12.6. The van der Waals surface area contributed by atoms with Crippen LogP contribution in [0.2, 0.25) is 0 Å². The maximum Gasteiger partial charge on any atom is 0.173 e. The van der Waals surface area contributed by atoms with E-state index in [1.54, 1.807) is 0 Å². The first kappa shape index (κ1) is 25.7. The maximum absolute atomic E-state index is 8.89. The molecule has 0 saturated heterocycles. The average molecular weight is 449 g/mol. The van der Waals surface area contributed by atoms with Crippen molar-refractivity contribution in [2.45, 2.75) is 80.9 Å². The molecule has 0 radical (unpaired) electrons. The van der Waals surface area contributed by atoms with Crippen LogP contribution >= 0.6 is 0 Å². The Morgan fingerprint density at radius 3 is 1.31 bits per heavy atom. The smallest absolute Gasteiger partial charge is 0.173 e. The minimum atomic E-state index is -1.08. The number of rotatable bonds is 6. The predicted molar refractivity (Wildman–Crippen MR) is 134 cm³/mol. The highest BCUT2D eigenvalue weighted by Gasteiger charge is 2.35. The monoisotopic (exact) mass is 448 g/mol. The Labute approximate surface area is 197 Å². The van der Waals surface area contributed by atoms with E-state index >= 15 is 0 Å². The first-order chi connectivity index (χ1) is 15.1. The SMILES string of the molecule is CC(=O)[O-].CC(C)c1cc(C(C)C)c([S+](c2ccccc2)c2ccccc2)c(C(C)C)c1. The van der Waals surface area contributed by atoms with E-state index in [-0.39, 0.29) is 10.9 Å². The van der Waals surface area contributed by atoms with E-state index in [2.05, 4.69) is 114 Å². The Morgan fingerprint density at radius 2 is 1.03 bits per heavy atom. The molecular weight excluding hydrogens is 412 g/mol. The van der Waals surface area contributed by atoms with Gasteiger partial charge in [0, 0.05) is 17.1 Å². The molecule has 0 aliphatic rings. The molecule has 2 nitrogen and oxygen atoms in total. The van der Waals surface area contributed by atoms with Gasteiger partial charge in [-0.3, -0.25) is 0 Å². The fraction of sp³-hybridized carbons (Fsp3) is 0.345. The second-order valence-electron chi connectivity index (χ2n) is 8.92. The molecule has 0 atom stereocenters. The zero-order chi connectivity index (χ0) is 23.8. The molecule has 3 aromatic carbocycles. The highest BCUT2D eigenvalue weighted by molar-refractivity contribution is 7.97. The summed E-state index contributed by atoms with van der Waals surface area (Å²) in [6.45, 7) is 14.9. The lowest BCUT2D eigenvalue weighted by atomic mass is 9.89. The van der Waals surface area contributed by atoms with Crippen molar-refractivity contribution in [2.75, 3.05) is 0 Å². The Morgan fingerprint density at radius 1 is 0.688 bits per heavy atom. The molecule has 0 fully saturated rings. The number of carboxylic acids is 1. The molecule has 3 rings (SSSR count). The van der Waals surface area contributed by atoms with Crippen molar-refractivity contribution in [3.8, 4) is 0 Å². The minimum absolute atomic E-state index is 0.100. The lowest BCUT2D eigenvalue weighted by Gasteiger charge is -2.22. The van der Waals surface area contributed by atoms with Crippen LogP contribution in [-0.4, -0.2) is 5.97 Å². The van der Waals surface area contributed by atoms with Crippen LogP contribution in [-0.2, 0) is 15.7 Å². The summed E-state index contributed by atoms with van der Waals surface area (Å²) in [5.74, 6) is 0.446. The topological polar surface area (TPSA) is 40.1 Å². The van der Waals surface area contributed by atoms with Gasteiger partial charge in [-0.2, -0.15) is 0 Å². The highest BCUT2D eigenvalue weighted by atomic mass is 32.2. The molecule has 0 N–H and O–H groups in total. The van der Waals surface area contributed by atoms with Crippen molar-refractivity contribution in [2.24, 2.45) is 0 Å². The molecule has 32 heavy (non-hydrogen) atoms. The first-order valence-electron chi connectivity index (χ1n) is 11.3. The van der Waals surface area contributed by atoms with Crippen molar-refractivity contribution in [1.29, 1.82) is 0 Å². The van der Waals surface area contributed by atoms with Gasteiger partial charge < -0.3 is 9.90 Å². The summed E-state index contributed by atoms with van der Waals surface area (Å²) < 4.78 is 0. The third-order valence-electron chi connectivity index (χ3n) is 5.24. The summed E-state index contributed by atoms with van der Waals surface area (Å²) >= 11 is 0. The number of carbonyl (C=O) groups is 1. The Balaban J connectivity index is 0.000000837. The minimum Gasteiger partial charge on any atom is -0.550 e. The van der Waals surface area contributed by atoms with E-state index in [9.17, 15) is 0 Å². The van der Waals surface area contributed by atoms with Crippen LogP contribution < -0.4 is 5.11 Å². The predicted octanol–water partition coefficient (Wildman–Crippen LogP) is 6.91. The Hall–Kier alpha value is -2.52. The van der Waals surface area contributed by atoms with Gasteiger partial charge in [0.1, 0.15) is 0 Å². The van der Waals surface area contributed by atoms with Crippen LogP contribution in [0.3, 0.4) is 0 Å². The average Bonchev–Trinajstić information content (AvgIpc) is 2.74. The summed E-state index contributed by atoms with van der Waals surface area (Å²) in [5, 5.41) is 8.89. The molecule has 0 heterocycles. The zero-order valence-electron chi connectivity index (χ0n) is 20.4. The molecule has 0 saturated carbocycles. The van der Waals surface area contributed by atoms with E-state index in [4.69, 9.17) is 9.90 Å². The van der Waals surface area contributed by atoms with Crippen LogP contribution in [0.1, 0.15) is 82.9 Å². The fourth-order valence-corrected chi connectivity index (χ4v) is 6.27. The quantitative estimate of drug-likeness (QED) is 0.384. The number of carbonyl (C=O) groups excluding carboxylic acids is 1. The normalized spacial score (nSPS) is 11.1. The third-order valence-corrected chi connectivity index (χ3v) is 7.61. The molecule has 3 aromatic rings. The number of benzene rings is 3. The Kier molecular flexibility index (Phi) is 9.59. The standard InChI is InChI=1S/C27H33S.C2H4O2/c1-19(2)22-17-25(20(3)4)27(26(18-22)21(5)6)28(23-13-9-7-10-14-23)24-15-11-8-12-16-24;1-2(3)4/h7-21H,1-6H3;1H3,(H,3,4)/q+1;/p-1. The molecular formula is C29H36O2S. The highest BCUT2D eigenvalue weighted by Crippen LogP contribution is 2.41.